The molecule has 1 aromatic carbocycles. The van der Waals surface area contributed by atoms with Gasteiger partial charge in [0.15, 0.2) is 0 Å². The first kappa shape index (κ1) is 13.9. The van der Waals surface area contributed by atoms with Crippen molar-refractivity contribution in [1.82, 2.24) is 4.90 Å². The van der Waals surface area contributed by atoms with Crippen LogP contribution >= 0.6 is 0 Å². The molecule has 1 aliphatic heterocycles. The Kier molecular flexibility index (Phi) is 4.43. The molecule has 4 nitrogen and oxygen atoms in total. The molecule has 0 spiro atoms. The van der Waals surface area contributed by atoms with Crippen molar-refractivity contribution in [2.24, 2.45) is 0 Å². The van der Waals surface area contributed by atoms with Gasteiger partial charge < -0.3 is 14.4 Å². The zero-order valence-electron chi connectivity index (χ0n) is 11.8. The van der Waals surface area contributed by atoms with Gasteiger partial charge >= 0.3 is 0 Å². The van der Waals surface area contributed by atoms with E-state index in [0.717, 1.165) is 17.7 Å². The largest absolute Gasteiger partial charge is 0.496 e. The normalized spacial score (nSPS) is 19.3. The van der Waals surface area contributed by atoms with Gasteiger partial charge in [-0.05, 0) is 31.0 Å². The molecule has 0 bridgehead atoms. The van der Waals surface area contributed by atoms with Crippen molar-refractivity contribution in [2.75, 3.05) is 26.8 Å². The minimum Gasteiger partial charge on any atom is -0.496 e. The number of methoxy groups -OCH3 is 1. The van der Waals surface area contributed by atoms with Crippen LogP contribution in [-0.2, 0) is 11.2 Å². The number of morpholine rings is 1. The van der Waals surface area contributed by atoms with Crippen molar-refractivity contribution in [3.05, 3.63) is 29.3 Å². The molecule has 0 aliphatic carbocycles. The van der Waals surface area contributed by atoms with Gasteiger partial charge in [-0.2, -0.15) is 0 Å². The summed E-state index contributed by atoms with van der Waals surface area (Å²) >= 11 is 0. The standard InChI is InChI=1S/C15H21NO3/c1-4-12-5-6-13(9-14(12)18-3)15(17)16-7-8-19-11(2)10-16/h5-6,9,11H,4,7-8,10H2,1-3H3. The summed E-state index contributed by atoms with van der Waals surface area (Å²) < 4.78 is 10.8. The summed E-state index contributed by atoms with van der Waals surface area (Å²) in [6, 6.07) is 5.68. The maximum absolute atomic E-state index is 12.4. The van der Waals surface area contributed by atoms with Gasteiger partial charge in [0.05, 0.1) is 19.8 Å². The molecular formula is C15H21NO3. The van der Waals surface area contributed by atoms with Crippen LogP contribution in [-0.4, -0.2) is 43.7 Å². The number of aryl methyl sites for hydroxylation is 1. The fourth-order valence-electron chi connectivity index (χ4n) is 2.36. The van der Waals surface area contributed by atoms with Gasteiger partial charge in [-0.3, -0.25) is 4.79 Å². The van der Waals surface area contributed by atoms with Crippen LogP contribution in [0.2, 0.25) is 0 Å². The predicted octanol–water partition coefficient (Wildman–Crippen LogP) is 2.12. The quantitative estimate of drug-likeness (QED) is 0.838. The number of rotatable bonds is 3. The lowest BCUT2D eigenvalue weighted by Gasteiger charge is -2.31. The van der Waals surface area contributed by atoms with Gasteiger partial charge in [0.25, 0.3) is 5.91 Å². The molecule has 0 radical (unpaired) electrons. The first-order valence-electron chi connectivity index (χ1n) is 6.73. The van der Waals surface area contributed by atoms with E-state index in [9.17, 15) is 4.79 Å². The highest BCUT2D eigenvalue weighted by Crippen LogP contribution is 2.22. The average Bonchev–Trinajstić information content (AvgIpc) is 2.45. The van der Waals surface area contributed by atoms with E-state index < -0.39 is 0 Å². The maximum Gasteiger partial charge on any atom is 0.254 e. The van der Waals surface area contributed by atoms with Gasteiger partial charge in [0.1, 0.15) is 5.75 Å². The maximum atomic E-state index is 12.4. The van der Waals surface area contributed by atoms with E-state index in [1.54, 1.807) is 7.11 Å². The van der Waals surface area contributed by atoms with Gasteiger partial charge in [0, 0.05) is 18.7 Å². The number of benzene rings is 1. The number of hydrogen-bond donors (Lipinski definition) is 0. The minimum absolute atomic E-state index is 0.0519. The molecule has 0 aromatic heterocycles. The first-order chi connectivity index (χ1) is 9.15. The molecule has 1 atom stereocenters. The lowest BCUT2D eigenvalue weighted by molar-refractivity contribution is -0.0124. The lowest BCUT2D eigenvalue weighted by Crippen LogP contribution is -2.44. The van der Waals surface area contributed by atoms with Crippen LogP contribution in [0.1, 0.15) is 29.8 Å². The number of amides is 1. The Hall–Kier alpha value is -1.55. The van der Waals surface area contributed by atoms with Crippen molar-refractivity contribution in [1.29, 1.82) is 0 Å². The third kappa shape index (κ3) is 3.07. The smallest absolute Gasteiger partial charge is 0.254 e. The summed E-state index contributed by atoms with van der Waals surface area (Å²) in [4.78, 5) is 14.3. The average molecular weight is 263 g/mol. The Morgan fingerprint density at radius 2 is 2.32 bits per heavy atom. The van der Waals surface area contributed by atoms with E-state index in [-0.39, 0.29) is 12.0 Å². The highest BCUT2D eigenvalue weighted by atomic mass is 16.5. The molecule has 1 aliphatic rings. The second kappa shape index (κ2) is 6.06. The zero-order chi connectivity index (χ0) is 13.8. The predicted molar refractivity (Wildman–Crippen MR) is 73.7 cm³/mol. The molecule has 2 rings (SSSR count). The Labute approximate surface area is 114 Å². The fourth-order valence-corrected chi connectivity index (χ4v) is 2.36. The molecule has 4 heteroatoms. The number of carbonyl (C=O) groups excluding carboxylic acids is 1. The number of ether oxygens (including phenoxy) is 2. The molecule has 1 heterocycles. The van der Waals surface area contributed by atoms with Crippen LogP contribution in [0.3, 0.4) is 0 Å². The van der Waals surface area contributed by atoms with Gasteiger partial charge in [-0.15, -0.1) is 0 Å². The lowest BCUT2D eigenvalue weighted by atomic mass is 10.1. The van der Waals surface area contributed by atoms with E-state index in [4.69, 9.17) is 9.47 Å². The Morgan fingerprint density at radius 1 is 1.53 bits per heavy atom. The van der Waals surface area contributed by atoms with E-state index in [1.165, 1.54) is 0 Å². The molecule has 1 unspecified atom stereocenters. The molecule has 0 saturated carbocycles. The number of nitrogens with zero attached hydrogens (tertiary/aromatic N) is 1. The van der Waals surface area contributed by atoms with Crippen molar-refractivity contribution >= 4 is 5.91 Å². The summed E-state index contributed by atoms with van der Waals surface area (Å²) in [6.45, 7) is 5.97. The van der Waals surface area contributed by atoms with Crippen LogP contribution in [0.5, 0.6) is 5.75 Å². The SMILES string of the molecule is CCc1ccc(C(=O)N2CCOC(C)C2)cc1OC. The zero-order valence-corrected chi connectivity index (χ0v) is 11.8. The summed E-state index contributed by atoms with van der Waals surface area (Å²) in [5.41, 5.74) is 1.80. The van der Waals surface area contributed by atoms with E-state index in [1.807, 2.05) is 30.0 Å². The monoisotopic (exact) mass is 263 g/mol. The summed E-state index contributed by atoms with van der Waals surface area (Å²) in [5, 5.41) is 0. The van der Waals surface area contributed by atoms with Crippen LogP contribution in [0, 0.1) is 0 Å². The third-order valence-corrected chi connectivity index (χ3v) is 3.44. The first-order valence-corrected chi connectivity index (χ1v) is 6.73. The molecule has 19 heavy (non-hydrogen) atoms. The van der Waals surface area contributed by atoms with Crippen molar-refractivity contribution < 1.29 is 14.3 Å². The topological polar surface area (TPSA) is 38.8 Å². The van der Waals surface area contributed by atoms with Crippen LogP contribution in [0.25, 0.3) is 0 Å². The fraction of sp³-hybridized carbons (Fsp3) is 0.533. The molecule has 0 N–H and O–H groups in total. The Morgan fingerprint density at radius 3 is 2.95 bits per heavy atom. The summed E-state index contributed by atoms with van der Waals surface area (Å²) in [5.74, 6) is 0.839. The van der Waals surface area contributed by atoms with Gasteiger partial charge in [-0.25, -0.2) is 0 Å². The van der Waals surface area contributed by atoms with E-state index in [2.05, 4.69) is 6.92 Å². The Bertz CT molecular complexity index is 459. The van der Waals surface area contributed by atoms with Crippen molar-refractivity contribution in [3.8, 4) is 5.75 Å². The van der Waals surface area contributed by atoms with Gasteiger partial charge in [-0.1, -0.05) is 13.0 Å². The highest BCUT2D eigenvalue weighted by molar-refractivity contribution is 5.94. The van der Waals surface area contributed by atoms with Crippen molar-refractivity contribution in [3.63, 3.8) is 0 Å². The minimum atomic E-state index is 0.0519. The van der Waals surface area contributed by atoms with Crippen LogP contribution in [0.4, 0.5) is 0 Å². The summed E-state index contributed by atoms with van der Waals surface area (Å²) in [6.07, 6.45) is 1.00. The molecular weight excluding hydrogens is 242 g/mol. The molecule has 1 aromatic rings. The molecule has 1 fully saturated rings. The highest BCUT2D eigenvalue weighted by Gasteiger charge is 2.23. The van der Waals surface area contributed by atoms with E-state index >= 15 is 0 Å². The van der Waals surface area contributed by atoms with Crippen LogP contribution in [0.15, 0.2) is 18.2 Å². The number of carbonyl (C=O) groups is 1. The summed E-state index contributed by atoms with van der Waals surface area (Å²) in [7, 11) is 1.64. The second-order valence-corrected chi connectivity index (χ2v) is 4.81. The molecule has 1 saturated heterocycles. The van der Waals surface area contributed by atoms with Gasteiger partial charge in [0.2, 0.25) is 0 Å². The second-order valence-electron chi connectivity index (χ2n) is 4.81. The van der Waals surface area contributed by atoms with Crippen LogP contribution < -0.4 is 4.74 Å². The molecule has 104 valence electrons. The van der Waals surface area contributed by atoms with E-state index in [0.29, 0.717) is 25.3 Å². The van der Waals surface area contributed by atoms with Crippen molar-refractivity contribution in [2.45, 2.75) is 26.4 Å². The number of hydrogen-bond acceptors (Lipinski definition) is 3. The Balaban J connectivity index is 2.19. The third-order valence-electron chi connectivity index (χ3n) is 3.44. The molecule has 1 amide bonds.